The zero-order valence-electron chi connectivity index (χ0n) is 10.7. The zero-order valence-corrected chi connectivity index (χ0v) is 10.7. The van der Waals surface area contributed by atoms with Gasteiger partial charge in [0, 0.05) is 5.69 Å². The number of nitrogens with zero attached hydrogens (tertiary/aromatic N) is 2. The topological polar surface area (TPSA) is 24.8 Å². The molecule has 0 aliphatic carbocycles. The first-order chi connectivity index (χ1) is 9.43. The van der Waals surface area contributed by atoms with Crippen LogP contribution in [0.15, 0.2) is 65.7 Å². The largest absolute Gasteiger partial charge is 0.463 e. The molecule has 3 rings (SSSR count). The van der Waals surface area contributed by atoms with Crippen LogP contribution in [0.4, 0.5) is 5.69 Å². The lowest BCUT2D eigenvalue weighted by Gasteiger charge is -2.23. The van der Waals surface area contributed by atoms with Gasteiger partial charge in [-0.25, -0.2) is 4.99 Å². The Hall–Kier alpha value is -2.29. The molecule has 19 heavy (non-hydrogen) atoms. The molecule has 0 fully saturated rings. The first-order valence-corrected chi connectivity index (χ1v) is 6.47. The van der Waals surface area contributed by atoms with Crippen LogP contribution < -0.4 is 4.90 Å². The van der Waals surface area contributed by atoms with Crippen molar-refractivity contribution in [2.45, 2.75) is 6.54 Å². The van der Waals surface area contributed by atoms with Gasteiger partial charge in [-0.2, -0.15) is 0 Å². The van der Waals surface area contributed by atoms with Crippen LogP contribution in [0.5, 0.6) is 0 Å². The Morgan fingerprint density at radius 2 is 1.63 bits per heavy atom. The summed E-state index contributed by atoms with van der Waals surface area (Å²) in [4.78, 5) is 6.54. The number of anilines is 1. The molecule has 0 unspecified atom stereocenters. The molecule has 0 amide bonds. The summed E-state index contributed by atoms with van der Waals surface area (Å²) in [5, 5.41) is 0. The second-order valence-corrected chi connectivity index (χ2v) is 4.42. The summed E-state index contributed by atoms with van der Waals surface area (Å²) in [6.07, 6.45) is 0. The summed E-state index contributed by atoms with van der Waals surface area (Å²) in [5.41, 5.74) is 2.34. The molecule has 3 heteroatoms. The van der Waals surface area contributed by atoms with Gasteiger partial charge in [0.15, 0.2) is 0 Å². The van der Waals surface area contributed by atoms with E-state index in [0.717, 1.165) is 24.8 Å². The van der Waals surface area contributed by atoms with Crippen molar-refractivity contribution < 1.29 is 4.74 Å². The number of hydrogen-bond donors (Lipinski definition) is 0. The maximum Gasteiger partial charge on any atom is 0.292 e. The molecular weight excluding hydrogens is 236 g/mol. The summed E-state index contributed by atoms with van der Waals surface area (Å²) in [7, 11) is 0. The van der Waals surface area contributed by atoms with Crippen LogP contribution in [0, 0.1) is 0 Å². The first-order valence-electron chi connectivity index (χ1n) is 6.47. The Kier molecular flexibility index (Phi) is 3.45. The third-order valence-corrected chi connectivity index (χ3v) is 3.05. The molecule has 2 aromatic carbocycles. The summed E-state index contributed by atoms with van der Waals surface area (Å²) < 4.78 is 5.62. The fraction of sp³-hybridized carbons (Fsp3) is 0.188. The van der Waals surface area contributed by atoms with Crippen LogP contribution in [0.2, 0.25) is 0 Å². The first kappa shape index (κ1) is 11.8. The molecule has 1 aliphatic heterocycles. The molecule has 3 nitrogen and oxygen atoms in total. The molecule has 1 aliphatic rings. The fourth-order valence-corrected chi connectivity index (χ4v) is 2.13. The molecule has 0 spiro atoms. The van der Waals surface area contributed by atoms with Gasteiger partial charge < -0.3 is 4.74 Å². The summed E-state index contributed by atoms with van der Waals surface area (Å²) >= 11 is 0. The average molecular weight is 252 g/mol. The normalized spacial score (nSPS) is 13.8. The van der Waals surface area contributed by atoms with E-state index in [1.54, 1.807) is 0 Å². The second kappa shape index (κ2) is 5.57. The molecule has 0 saturated carbocycles. The van der Waals surface area contributed by atoms with Gasteiger partial charge in [0.2, 0.25) is 0 Å². The molecular formula is C16H16N2O. The van der Waals surface area contributed by atoms with E-state index >= 15 is 0 Å². The third-order valence-electron chi connectivity index (χ3n) is 3.05. The summed E-state index contributed by atoms with van der Waals surface area (Å²) in [6.45, 7) is 2.19. The number of hydrogen-bond acceptors (Lipinski definition) is 3. The molecule has 0 saturated heterocycles. The minimum absolute atomic E-state index is 0.674. The number of para-hydroxylation sites is 1. The van der Waals surface area contributed by atoms with E-state index < -0.39 is 0 Å². The third kappa shape index (κ3) is 2.76. The maximum atomic E-state index is 5.62. The Bertz CT molecular complexity index is 551. The van der Waals surface area contributed by atoms with Gasteiger partial charge in [0.1, 0.15) is 6.61 Å². The van der Waals surface area contributed by atoms with Crippen molar-refractivity contribution in [3.63, 3.8) is 0 Å². The van der Waals surface area contributed by atoms with Crippen molar-refractivity contribution in [1.82, 2.24) is 0 Å². The maximum absolute atomic E-state index is 5.62. The number of benzene rings is 2. The molecule has 1 heterocycles. The molecule has 0 bridgehead atoms. The van der Waals surface area contributed by atoms with Crippen molar-refractivity contribution in [3.05, 3.63) is 66.2 Å². The molecule has 0 radical (unpaired) electrons. The van der Waals surface area contributed by atoms with Crippen LogP contribution in [0.3, 0.4) is 0 Å². The number of amidine groups is 1. The predicted molar refractivity (Wildman–Crippen MR) is 77.3 cm³/mol. The van der Waals surface area contributed by atoms with Crippen LogP contribution in [0.25, 0.3) is 0 Å². The van der Waals surface area contributed by atoms with Crippen molar-refractivity contribution in [2.75, 3.05) is 18.1 Å². The van der Waals surface area contributed by atoms with Gasteiger partial charge in [-0.15, -0.1) is 0 Å². The molecule has 96 valence electrons. The van der Waals surface area contributed by atoms with E-state index in [9.17, 15) is 0 Å². The van der Waals surface area contributed by atoms with E-state index in [4.69, 9.17) is 4.74 Å². The SMILES string of the molecule is c1ccc(CN(C2=NCCO2)c2ccccc2)cc1. The van der Waals surface area contributed by atoms with E-state index in [1.807, 2.05) is 24.3 Å². The Balaban J connectivity index is 1.89. The van der Waals surface area contributed by atoms with Gasteiger partial charge in [0.25, 0.3) is 6.02 Å². The van der Waals surface area contributed by atoms with E-state index in [-0.39, 0.29) is 0 Å². The molecule has 0 aromatic heterocycles. The highest BCUT2D eigenvalue weighted by Gasteiger charge is 2.18. The van der Waals surface area contributed by atoms with Crippen LogP contribution in [-0.2, 0) is 11.3 Å². The number of rotatable bonds is 3. The van der Waals surface area contributed by atoms with E-state index in [0.29, 0.717) is 6.61 Å². The second-order valence-electron chi connectivity index (χ2n) is 4.42. The Morgan fingerprint density at radius 3 is 2.26 bits per heavy atom. The van der Waals surface area contributed by atoms with Crippen molar-refractivity contribution in [1.29, 1.82) is 0 Å². The zero-order chi connectivity index (χ0) is 12.9. The lowest BCUT2D eigenvalue weighted by molar-refractivity contribution is 0.338. The van der Waals surface area contributed by atoms with Crippen molar-refractivity contribution in [2.24, 2.45) is 4.99 Å². The smallest absolute Gasteiger partial charge is 0.292 e. The Morgan fingerprint density at radius 1 is 0.947 bits per heavy atom. The van der Waals surface area contributed by atoms with Gasteiger partial charge in [-0.3, -0.25) is 4.90 Å². The quantitative estimate of drug-likeness (QED) is 0.838. The van der Waals surface area contributed by atoms with E-state index in [1.165, 1.54) is 5.56 Å². The number of aliphatic imine (C=N–C) groups is 1. The van der Waals surface area contributed by atoms with Crippen molar-refractivity contribution >= 4 is 11.7 Å². The van der Waals surface area contributed by atoms with Gasteiger partial charge in [-0.1, -0.05) is 48.5 Å². The fourth-order valence-electron chi connectivity index (χ4n) is 2.13. The molecule has 0 N–H and O–H groups in total. The average Bonchev–Trinajstić information content (AvgIpc) is 3.01. The lowest BCUT2D eigenvalue weighted by atomic mass is 10.2. The van der Waals surface area contributed by atoms with Gasteiger partial charge >= 0.3 is 0 Å². The molecule has 0 atom stereocenters. The summed E-state index contributed by atoms with van der Waals surface area (Å²) in [5.74, 6) is 0. The minimum Gasteiger partial charge on any atom is -0.463 e. The van der Waals surface area contributed by atoms with Crippen molar-refractivity contribution in [3.8, 4) is 0 Å². The Labute approximate surface area is 113 Å². The monoisotopic (exact) mass is 252 g/mol. The summed E-state index contributed by atoms with van der Waals surface area (Å²) in [6, 6.07) is 21.3. The minimum atomic E-state index is 0.674. The highest BCUT2D eigenvalue weighted by atomic mass is 16.5. The predicted octanol–water partition coefficient (Wildman–Crippen LogP) is 3.08. The lowest BCUT2D eigenvalue weighted by Crippen LogP contribution is -2.30. The van der Waals surface area contributed by atoms with E-state index in [2.05, 4.69) is 46.3 Å². The van der Waals surface area contributed by atoms with Gasteiger partial charge in [-0.05, 0) is 17.7 Å². The van der Waals surface area contributed by atoms with Crippen LogP contribution in [-0.4, -0.2) is 19.2 Å². The van der Waals surface area contributed by atoms with Gasteiger partial charge in [0.05, 0.1) is 13.1 Å². The van der Waals surface area contributed by atoms with Crippen LogP contribution >= 0.6 is 0 Å². The number of ether oxygens (including phenoxy) is 1. The standard InChI is InChI=1S/C16H16N2O/c1-3-7-14(8-4-1)13-18(16-17-11-12-19-16)15-9-5-2-6-10-15/h1-10H,11-13H2. The van der Waals surface area contributed by atoms with Crippen LogP contribution in [0.1, 0.15) is 5.56 Å². The molecule has 2 aromatic rings. The highest BCUT2D eigenvalue weighted by molar-refractivity contribution is 5.92. The highest BCUT2D eigenvalue weighted by Crippen LogP contribution is 2.19.